The largest absolute Gasteiger partial charge is 0.489 e. The minimum atomic E-state index is 0.559. The molecular formula is C19H18O2. The maximum absolute atomic E-state index is 11.0. The van der Waals surface area contributed by atoms with Crippen LogP contribution in [-0.2, 0) is 17.8 Å². The van der Waals surface area contributed by atoms with E-state index in [1.54, 1.807) is 0 Å². The van der Waals surface area contributed by atoms with Crippen molar-refractivity contribution < 1.29 is 9.53 Å². The first-order chi connectivity index (χ1) is 10.3. The number of allylic oxidation sites excluding steroid dienone is 1. The number of ether oxygens (including phenoxy) is 1. The van der Waals surface area contributed by atoms with E-state index in [0.717, 1.165) is 48.0 Å². The number of rotatable bonds is 4. The molecule has 0 amide bonds. The van der Waals surface area contributed by atoms with Gasteiger partial charge in [0, 0.05) is 0 Å². The fraction of sp³-hybridized carbons (Fsp3) is 0.211. The van der Waals surface area contributed by atoms with E-state index < -0.39 is 0 Å². The molecule has 0 saturated heterocycles. The van der Waals surface area contributed by atoms with Crippen molar-refractivity contribution >= 4 is 12.4 Å². The highest BCUT2D eigenvalue weighted by atomic mass is 16.5. The second-order valence-corrected chi connectivity index (χ2v) is 5.33. The summed E-state index contributed by atoms with van der Waals surface area (Å²) < 4.78 is 5.85. The summed E-state index contributed by atoms with van der Waals surface area (Å²) in [5.41, 5.74) is 4.42. The Morgan fingerprint density at radius 2 is 1.90 bits per heavy atom. The molecule has 0 aromatic heterocycles. The smallest absolute Gasteiger partial charge is 0.146 e. The molecule has 0 saturated carbocycles. The standard InChI is InChI=1S/C19H18O2/c20-13-16-7-4-8-17-9-10-19(12-18(17)11-16)21-14-15-5-2-1-3-6-15/h1-3,5-6,9-13H,4,7-8,14H2. The first-order valence-corrected chi connectivity index (χ1v) is 7.30. The van der Waals surface area contributed by atoms with Gasteiger partial charge >= 0.3 is 0 Å². The van der Waals surface area contributed by atoms with Gasteiger partial charge in [0.15, 0.2) is 0 Å². The number of hydrogen-bond donors (Lipinski definition) is 0. The molecule has 2 aromatic carbocycles. The molecule has 0 spiro atoms. The minimum Gasteiger partial charge on any atom is -0.489 e. The molecule has 0 fully saturated rings. The van der Waals surface area contributed by atoms with Crippen LogP contribution in [0.1, 0.15) is 29.5 Å². The number of fused-ring (bicyclic) bond motifs is 1. The van der Waals surface area contributed by atoms with Crippen LogP contribution in [0.25, 0.3) is 6.08 Å². The average molecular weight is 278 g/mol. The number of carbonyl (C=O) groups excluding carboxylic acids is 1. The van der Waals surface area contributed by atoms with Gasteiger partial charge in [0.25, 0.3) is 0 Å². The third-order valence-corrected chi connectivity index (χ3v) is 3.77. The Bertz CT molecular complexity index is 657. The molecule has 1 aliphatic rings. The molecule has 2 heteroatoms. The van der Waals surface area contributed by atoms with Gasteiger partial charge in [-0.15, -0.1) is 0 Å². The highest BCUT2D eigenvalue weighted by Gasteiger charge is 2.09. The van der Waals surface area contributed by atoms with Crippen molar-refractivity contribution in [2.24, 2.45) is 0 Å². The zero-order valence-electron chi connectivity index (χ0n) is 11.9. The van der Waals surface area contributed by atoms with Crippen LogP contribution in [0.15, 0.2) is 54.1 Å². The third kappa shape index (κ3) is 3.40. The predicted octanol–water partition coefficient (Wildman–Crippen LogP) is 4.18. The monoisotopic (exact) mass is 278 g/mol. The Morgan fingerprint density at radius 1 is 1.05 bits per heavy atom. The number of aryl methyl sites for hydroxylation is 1. The molecule has 2 nitrogen and oxygen atoms in total. The molecule has 0 radical (unpaired) electrons. The molecule has 1 aliphatic carbocycles. The maximum Gasteiger partial charge on any atom is 0.146 e. The summed E-state index contributed by atoms with van der Waals surface area (Å²) in [6.07, 6.45) is 5.86. The molecule has 0 atom stereocenters. The van der Waals surface area contributed by atoms with E-state index in [1.165, 1.54) is 5.56 Å². The summed E-state index contributed by atoms with van der Waals surface area (Å²) in [5, 5.41) is 0. The Morgan fingerprint density at radius 3 is 2.71 bits per heavy atom. The Hall–Kier alpha value is -2.35. The second kappa shape index (κ2) is 6.40. The summed E-state index contributed by atoms with van der Waals surface area (Å²) in [6.45, 7) is 0.559. The molecular weight excluding hydrogens is 260 g/mol. The summed E-state index contributed by atoms with van der Waals surface area (Å²) in [6, 6.07) is 16.3. The highest BCUT2D eigenvalue weighted by Crippen LogP contribution is 2.26. The van der Waals surface area contributed by atoms with E-state index in [2.05, 4.69) is 6.07 Å². The van der Waals surface area contributed by atoms with E-state index in [4.69, 9.17) is 4.74 Å². The van der Waals surface area contributed by atoms with Gasteiger partial charge in [-0.3, -0.25) is 4.79 Å². The van der Waals surface area contributed by atoms with E-state index >= 15 is 0 Å². The van der Waals surface area contributed by atoms with Crippen molar-refractivity contribution in [3.63, 3.8) is 0 Å². The van der Waals surface area contributed by atoms with Gasteiger partial charge in [-0.1, -0.05) is 36.4 Å². The zero-order chi connectivity index (χ0) is 14.5. The molecule has 0 unspecified atom stereocenters. The lowest BCUT2D eigenvalue weighted by Gasteiger charge is -2.09. The lowest BCUT2D eigenvalue weighted by atomic mass is 10.0. The summed E-state index contributed by atoms with van der Waals surface area (Å²) >= 11 is 0. The fourth-order valence-corrected chi connectivity index (χ4v) is 2.61. The molecule has 21 heavy (non-hydrogen) atoms. The van der Waals surface area contributed by atoms with Gasteiger partial charge in [0.2, 0.25) is 0 Å². The van der Waals surface area contributed by atoms with Crippen molar-refractivity contribution in [3.8, 4) is 5.75 Å². The fourth-order valence-electron chi connectivity index (χ4n) is 2.61. The van der Waals surface area contributed by atoms with Gasteiger partial charge < -0.3 is 4.74 Å². The normalized spacial score (nSPS) is 13.8. The van der Waals surface area contributed by atoms with Crippen LogP contribution in [0.2, 0.25) is 0 Å². The number of carbonyl (C=O) groups is 1. The van der Waals surface area contributed by atoms with Crippen LogP contribution in [0.3, 0.4) is 0 Å². The van der Waals surface area contributed by atoms with Crippen molar-refractivity contribution in [1.29, 1.82) is 0 Å². The molecule has 2 aromatic rings. The summed E-state index contributed by atoms with van der Waals surface area (Å²) in [5.74, 6) is 0.848. The maximum atomic E-state index is 11.0. The van der Waals surface area contributed by atoms with Crippen molar-refractivity contribution in [3.05, 3.63) is 70.8 Å². The molecule has 106 valence electrons. The number of benzene rings is 2. The van der Waals surface area contributed by atoms with Gasteiger partial charge in [-0.25, -0.2) is 0 Å². The van der Waals surface area contributed by atoms with Crippen molar-refractivity contribution in [1.82, 2.24) is 0 Å². The van der Waals surface area contributed by atoms with E-state index in [-0.39, 0.29) is 0 Å². The molecule has 0 bridgehead atoms. The SMILES string of the molecule is O=CC1=Cc2cc(OCc3ccccc3)ccc2CCC1. The van der Waals surface area contributed by atoms with Crippen LogP contribution >= 0.6 is 0 Å². The summed E-state index contributed by atoms with van der Waals surface area (Å²) in [7, 11) is 0. The van der Waals surface area contributed by atoms with E-state index in [9.17, 15) is 4.79 Å². The van der Waals surface area contributed by atoms with Gasteiger partial charge in [-0.2, -0.15) is 0 Å². The summed E-state index contributed by atoms with van der Waals surface area (Å²) in [4.78, 5) is 11.0. The Labute approximate surface area is 125 Å². The highest BCUT2D eigenvalue weighted by molar-refractivity contribution is 5.82. The topological polar surface area (TPSA) is 26.3 Å². The van der Waals surface area contributed by atoms with Crippen LogP contribution in [0.5, 0.6) is 5.75 Å². The van der Waals surface area contributed by atoms with Gasteiger partial charge in [0.1, 0.15) is 18.6 Å². The van der Waals surface area contributed by atoms with Crippen molar-refractivity contribution in [2.75, 3.05) is 0 Å². The quantitative estimate of drug-likeness (QED) is 0.784. The van der Waals surface area contributed by atoms with Crippen LogP contribution in [0, 0.1) is 0 Å². The molecule has 0 heterocycles. The van der Waals surface area contributed by atoms with Crippen molar-refractivity contribution in [2.45, 2.75) is 25.9 Å². The average Bonchev–Trinajstić information content (AvgIpc) is 2.75. The Kier molecular flexibility index (Phi) is 4.15. The first-order valence-electron chi connectivity index (χ1n) is 7.30. The minimum absolute atomic E-state index is 0.559. The van der Waals surface area contributed by atoms with E-state index in [0.29, 0.717) is 6.61 Å². The molecule has 0 N–H and O–H groups in total. The van der Waals surface area contributed by atoms with Crippen LogP contribution in [-0.4, -0.2) is 6.29 Å². The van der Waals surface area contributed by atoms with E-state index in [1.807, 2.05) is 48.5 Å². The lowest BCUT2D eigenvalue weighted by Crippen LogP contribution is -1.96. The molecule has 3 rings (SSSR count). The Balaban J connectivity index is 1.78. The van der Waals surface area contributed by atoms with Gasteiger partial charge in [-0.05, 0) is 59.7 Å². The number of aldehydes is 1. The lowest BCUT2D eigenvalue weighted by molar-refractivity contribution is -0.105. The predicted molar refractivity (Wildman–Crippen MR) is 84.2 cm³/mol. The van der Waals surface area contributed by atoms with Crippen LogP contribution < -0.4 is 4.74 Å². The second-order valence-electron chi connectivity index (χ2n) is 5.33. The molecule has 0 aliphatic heterocycles. The van der Waals surface area contributed by atoms with Gasteiger partial charge in [0.05, 0.1) is 0 Å². The third-order valence-electron chi connectivity index (χ3n) is 3.77. The first kappa shape index (κ1) is 13.6. The van der Waals surface area contributed by atoms with Crippen LogP contribution in [0.4, 0.5) is 0 Å². The number of hydrogen-bond acceptors (Lipinski definition) is 2. The zero-order valence-corrected chi connectivity index (χ0v) is 11.9.